The van der Waals surface area contributed by atoms with Crippen LogP contribution in [0.2, 0.25) is 0 Å². The van der Waals surface area contributed by atoms with E-state index < -0.39 is 5.92 Å². The highest BCUT2D eigenvalue weighted by Gasteiger charge is 2.39. The van der Waals surface area contributed by atoms with E-state index in [1.54, 1.807) is 43.6 Å². The van der Waals surface area contributed by atoms with E-state index >= 15 is 0 Å². The van der Waals surface area contributed by atoms with Crippen molar-refractivity contribution in [3.05, 3.63) is 113 Å². The van der Waals surface area contributed by atoms with Crippen molar-refractivity contribution in [2.24, 2.45) is 0 Å². The molecule has 0 spiro atoms. The molecule has 0 saturated carbocycles. The van der Waals surface area contributed by atoms with E-state index in [0.717, 1.165) is 11.3 Å². The Hall–Kier alpha value is -5.11. The smallest absolute Gasteiger partial charge is 0.312 e. The second kappa shape index (κ2) is 10.6. The summed E-state index contributed by atoms with van der Waals surface area (Å²) < 4.78 is 28.9. The largest absolute Gasteiger partial charge is 0.493 e. The molecule has 4 aromatic rings. The number of ether oxygens (including phenoxy) is 5. The van der Waals surface area contributed by atoms with Gasteiger partial charge in [0.05, 0.1) is 31.9 Å². The zero-order chi connectivity index (χ0) is 27.6. The van der Waals surface area contributed by atoms with Crippen LogP contribution in [-0.2, 0) is 11.4 Å². The topological polar surface area (TPSA) is 93.2 Å². The van der Waals surface area contributed by atoms with Gasteiger partial charge in [-0.25, -0.2) is 0 Å². The molecule has 8 heteroatoms. The number of rotatable bonds is 7. The van der Waals surface area contributed by atoms with Crippen LogP contribution >= 0.6 is 0 Å². The molecule has 0 bridgehead atoms. The third kappa shape index (κ3) is 4.53. The third-order valence-electron chi connectivity index (χ3n) is 6.90. The Morgan fingerprint density at radius 2 is 1.73 bits per heavy atom. The summed E-state index contributed by atoms with van der Waals surface area (Å²) in [5.74, 6) is 1.37. The summed E-state index contributed by atoms with van der Waals surface area (Å²) in [6, 6.07) is 21.8. The first kappa shape index (κ1) is 25.2. The van der Waals surface area contributed by atoms with Crippen LogP contribution in [0.15, 0.2) is 84.8 Å². The maximum absolute atomic E-state index is 13.5. The van der Waals surface area contributed by atoms with Crippen molar-refractivity contribution >= 4 is 17.8 Å². The van der Waals surface area contributed by atoms with Gasteiger partial charge >= 0.3 is 5.97 Å². The average molecular weight is 536 g/mol. The zero-order valence-electron chi connectivity index (χ0n) is 21.9. The first-order valence-corrected chi connectivity index (χ1v) is 12.7. The number of Topliss-reactive ketones (excluding diaryl/α,β-unsaturated/α-hetero) is 1. The fourth-order valence-corrected chi connectivity index (χ4v) is 5.07. The Morgan fingerprint density at radius 1 is 0.900 bits per heavy atom. The van der Waals surface area contributed by atoms with Crippen LogP contribution in [0, 0.1) is 0 Å². The molecular weight excluding hydrogens is 510 g/mol. The van der Waals surface area contributed by atoms with Gasteiger partial charge in [0.2, 0.25) is 5.78 Å². The van der Waals surface area contributed by atoms with Gasteiger partial charge < -0.3 is 23.7 Å². The van der Waals surface area contributed by atoms with Gasteiger partial charge in [0.15, 0.2) is 17.3 Å². The second-order valence-electron chi connectivity index (χ2n) is 9.25. The molecule has 1 atom stereocenters. The molecule has 0 unspecified atom stereocenters. The van der Waals surface area contributed by atoms with Gasteiger partial charge in [-0.05, 0) is 42.5 Å². The number of carbonyl (C=O) groups excluding carboxylic acids is 2. The molecule has 0 N–H and O–H groups in total. The number of aromatic nitrogens is 1. The molecule has 0 saturated heterocycles. The zero-order valence-corrected chi connectivity index (χ0v) is 21.9. The van der Waals surface area contributed by atoms with Crippen LogP contribution in [0.25, 0.3) is 6.08 Å². The number of ketones is 1. The van der Waals surface area contributed by atoms with Crippen molar-refractivity contribution in [2.75, 3.05) is 14.2 Å². The number of benzene rings is 3. The maximum Gasteiger partial charge on any atom is 0.312 e. The standard InChI is InChI=1S/C32H25NO7/c1-36-26-12-7-8-19(31(26)37-2)16-27-30(35)22-13-14-25-29(32(22)40-27)23(17-28(34)39-25)21-10-3-4-11-24(21)38-18-20-9-5-6-15-33-20/h3-16,23H,17-18H2,1-2H3/b27-16-/t23-/m1/s1. The molecule has 3 heterocycles. The Kier molecular flexibility index (Phi) is 6.66. The summed E-state index contributed by atoms with van der Waals surface area (Å²) in [6.45, 7) is 0.263. The molecule has 0 radical (unpaired) electrons. The normalized spacial score (nSPS) is 16.6. The number of esters is 1. The lowest BCUT2D eigenvalue weighted by Gasteiger charge is -2.27. The minimum Gasteiger partial charge on any atom is -0.493 e. The molecule has 2 aliphatic heterocycles. The maximum atomic E-state index is 13.5. The van der Waals surface area contributed by atoms with Gasteiger partial charge in [-0.2, -0.15) is 0 Å². The molecule has 0 fully saturated rings. The second-order valence-corrected chi connectivity index (χ2v) is 9.25. The van der Waals surface area contributed by atoms with Crippen molar-refractivity contribution in [3.63, 3.8) is 0 Å². The van der Waals surface area contributed by atoms with Crippen molar-refractivity contribution in [1.82, 2.24) is 4.98 Å². The van der Waals surface area contributed by atoms with E-state index in [4.69, 9.17) is 23.7 Å². The number of nitrogens with zero attached hydrogens (tertiary/aromatic N) is 1. The van der Waals surface area contributed by atoms with E-state index in [1.165, 1.54) is 7.11 Å². The van der Waals surface area contributed by atoms with Crippen LogP contribution < -0.4 is 23.7 Å². The van der Waals surface area contributed by atoms with Crippen LogP contribution in [-0.4, -0.2) is 31.0 Å². The van der Waals surface area contributed by atoms with Crippen molar-refractivity contribution in [2.45, 2.75) is 18.9 Å². The minimum atomic E-state index is -0.454. The molecule has 200 valence electrons. The lowest BCUT2D eigenvalue weighted by Crippen LogP contribution is -2.22. The van der Waals surface area contributed by atoms with Gasteiger partial charge in [-0.15, -0.1) is 0 Å². The molecule has 8 nitrogen and oxygen atoms in total. The third-order valence-corrected chi connectivity index (χ3v) is 6.90. The van der Waals surface area contributed by atoms with Crippen molar-refractivity contribution < 1.29 is 33.3 Å². The monoisotopic (exact) mass is 535 g/mol. The van der Waals surface area contributed by atoms with Gasteiger partial charge in [0.25, 0.3) is 0 Å². The van der Waals surface area contributed by atoms with Crippen LogP contribution in [0.1, 0.15) is 45.1 Å². The quantitative estimate of drug-likeness (QED) is 0.168. The van der Waals surface area contributed by atoms with E-state index in [2.05, 4.69) is 4.98 Å². The number of para-hydroxylation sites is 2. The Bertz CT molecular complexity index is 1640. The number of fused-ring (bicyclic) bond motifs is 3. The molecule has 40 heavy (non-hydrogen) atoms. The fraction of sp³-hybridized carbons (Fsp3) is 0.156. The molecule has 1 aromatic heterocycles. The molecule has 2 aliphatic rings. The van der Waals surface area contributed by atoms with E-state index in [0.29, 0.717) is 45.4 Å². The molecule has 0 amide bonds. The van der Waals surface area contributed by atoms with E-state index in [9.17, 15) is 9.59 Å². The summed E-state index contributed by atoms with van der Waals surface area (Å²) in [4.78, 5) is 30.5. The van der Waals surface area contributed by atoms with Gasteiger partial charge in [0, 0.05) is 28.8 Å². The summed E-state index contributed by atoms with van der Waals surface area (Å²) in [7, 11) is 3.09. The lowest BCUT2D eigenvalue weighted by atomic mass is 9.84. The number of methoxy groups -OCH3 is 2. The highest BCUT2D eigenvalue weighted by molar-refractivity contribution is 6.15. The summed E-state index contributed by atoms with van der Waals surface area (Å²) in [6.07, 6.45) is 3.40. The van der Waals surface area contributed by atoms with Gasteiger partial charge in [0.1, 0.15) is 23.9 Å². The first-order valence-electron chi connectivity index (χ1n) is 12.7. The lowest BCUT2D eigenvalue weighted by molar-refractivity contribution is -0.135. The van der Waals surface area contributed by atoms with Gasteiger partial charge in [-0.1, -0.05) is 36.4 Å². The van der Waals surface area contributed by atoms with Crippen molar-refractivity contribution in [3.8, 4) is 28.7 Å². The highest BCUT2D eigenvalue weighted by Crippen LogP contribution is 2.50. The Labute approximate surface area is 230 Å². The van der Waals surface area contributed by atoms with Gasteiger partial charge in [-0.3, -0.25) is 14.6 Å². The SMILES string of the molecule is COc1cccc(/C=C2\Oc3c(ccc4c3[C@@H](c3ccccc3OCc3ccccn3)CC(=O)O4)C2=O)c1OC. The predicted molar refractivity (Wildman–Crippen MR) is 146 cm³/mol. The van der Waals surface area contributed by atoms with Crippen LogP contribution in [0.5, 0.6) is 28.7 Å². The Morgan fingerprint density at radius 3 is 2.52 bits per heavy atom. The van der Waals surface area contributed by atoms with Crippen LogP contribution in [0.4, 0.5) is 0 Å². The molecule has 6 rings (SSSR count). The minimum absolute atomic E-state index is 0.0632. The number of pyridine rings is 1. The number of carbonyl (C=O) groups is 2. The summed E-state index contributed by atoms with van der Waals surface area (Å²) in [5, 5.41) is 0. The summed E-state index contributed by atoms with van der Waals surface area (Å²) in [5.41, 5.74) is 3.20. The number of allylic oxidation sites excluding steroid dienone is 1. The average Bonchev–Trinajstić information content (AvgIpc) is 3.30. The van der Waals surface area contributed by atoms with Crippen LogP contribution in [0.3, 0.4) is 0 Å². The summed E-state index contributed by atoms with van der Waals surface area (Å²) >= 11 is 0. The fourth-order valence-electron chi connectivity index (χ4n) is 5.07. The molecule has 3 aromatic carbocycles. The predicted octanol–water partition coefficient (Wildman–Crippen LogP) is 5.74. The highest BCUT2D eigenvalue weighted by atomic mass is 16.5. The Balaban J connectivity index is 1.40. The number of hydrogen-bond donors (Lipinski definition) is 0. The van der Waals surface area contributed by atoms with Crippen molar-refractivity contribution in [1.29, 1.82) is 0 Å². The number of hydrogen-bond acceptors (Lipinski definition) is 8. The van der Waals surface area contributed by atoms with E-state index in [-0.39, 0.29) is 30.5 Å². The molecular formula is C32H25NO7. The van der Waals surface area contributed by atoms with E-state index in [1.807, 2.05) is 48.5 Å². The first-order chi connectivity index (χ1) is 19.6. The molecule has 0 aliphatic carbocycles.